The number of rotatable bonds is 4. The molecule has 0 amide bonds. The van der Waals surface area contributed by atoms with E-state index in [0.29, 0.717) is 18.0 Å². The van der Waals surface area contributed by atoms with E-state index in [1.165, 1.54) is 47.0 Å². The third kappa shape index (κ3) is 3.38. The molecule has 2 aliphatic rings. The Balaban J connectivity index is 0.00000205. The number of nitrogens with one attached hydrogen (secondary N) is 2. The van der Waals surface area contributed by atoms with Crippen molar-refractivity contribution in [1.82, 2.24) is 10.3 Å². The lowest BCUT2D eigenvalue weighted by Gasteiger charge is -2.34. The quantitative estimate of drug-likeness (QED) is 0.599. The first-order valence-corrected chi connectivity index (χ1v) is 10.3. The molecule has 0 radical (unpaired) electrons. The molecule has 2 heterocycles. The zero-order valence-electron chi connectivity index (χ0n) is 17.2. The number of halogens is 1. The normalized spacial score (nSPS) is 22.7. The molecule has 0 bridgehead atoms. The minimum absolute atomic E-state index is 0. The fraction of sp³-hybridized carbons (Fsp3) is 0.417. The fourth-order valence-corrected chi connectivity index (χ4v) is 5.27. The minimum atomic E-state index is 0. The smallest absolute Gasteiger partial charge is 0.160 e. The Morgan fingerprint density at radius 2 is 1.83 bits per heavy atom. The van der Waals surface area contributed by atoms with Gasteiger partial charge in [0.1, 0.15) is 0 Å². The molecule has 4 nitrogen and oxygen atoms in total. The van der Waals surface area contributed by atoms with Crippen molar-refractivity contribution < 1.29 is 9.47 Å². The van der Waals surface area contributed by atoms with E-state index in [0.717, 1.165) is 17.9 Å². The summed E-state index contributed by atoms with van der Waals surface area (Å²) in [6.07, 6.45) is 4.80. The van der Waals surface area contributed by atoms with Gasteiger partial charge in [-0.25, -0.2) is 0 Å². The molecule has 29 heavy (non-hydrogen) atoms. The van der Waals surface area contributed by atoms with Crippen LogP contribution in [-0.4, -0.2) is 25.2 Å². The molecule has 1 aliphatic carbocycles. The number of hydrogen-bond acceptors (Lipinski definition) is 3. The van der Waals surface area contributed by atoms with E-state index in [9.17, 15) is 0 Å². The van der Waals surface area contributed by atoms with E-state index >= 15 is 0 Å². The highest BCUT2D eigenvalue weighted by molar-refractivity contribution is 5.86. The van der Waals surface area contributed by atoms with Crippen molar-refractivity contribution in [2.45, 2.75) is 50.6 Å². The molecular weight excluding hydrogens is 384 g/mol. The van der Waals surface area contributed by atoms with Gasteiger partial charge in [0.25, 0.3) is 0 Å². The van der Waals surface area contributed by atoms with Gasteiger partial charge < -0.3 is 19.8 Å². The van der Waals surface area contributed by atoms with E-state index in [4.69, 9.17) is 9.47 Å². The van der Waals surface area contributed by atoms with Gasteiger partial charge in [0.15, 0.2) is 11.5 Å². The molecule has 1 aliphatic heterocycles. The molecule has 0 unspecified atom stereocenters. The predicted octanol–water partition coefficient (Wildman–Crippen LogP) is 5.44. The summed E-state index contributed by atoms with van der Waals surface area (Å²) in [7, 11) is 3.38. The monoisotopic (exact) mass is 412 g/mol. The topological polar surface area (TPSA) is 46.3 Å². The van der Waals surface area contributed by atoms with Gasteiger partial charge in [-0.2, -0.15) is 0 Å². The van der Waals surface area contributed by atoms with Crippen LogP contribution in [0.15, 0.2) is 36.4 Å². The third-order valence-electron chi connectivity index (χ3n) is 6.56. The summed E-state index contributed by atoms with van der Waals surface area (Å²) < 4.78 is 10.9. The van der Waals surface area contributed by atoms with Crippen molar-refractivity contribution in [1.29, 1.82) is 0 Å². The van der Waals surface area contributed by atoms with Crippen molar-refractivity contribution >= 4 is 23.3 Å². The SMILES string of the molecule is COc1ccc(C[C@@H]2N[C@@H]3CCC[C@H]3c3c2[nH]c2ccc(C)cc32)cc1OC.Cl. The maximum absolute atomic E-state index is 5.51. The van der Waals surface area contributed by atoms with Crippen LogP contribution in [0.2, 0.25) is 0 Å². The molecule has 1 aromatic heterocycles. The van der Waals surface area contributed by atoms with Gasteiger partial charge in [-0.05, 0) is 61.6 Å². The zero-order chi connectivity index (χ0) is 19.3. The Kier molecular flexibility index (Phi) is 5.50. The minimum Gasteiger partial charge on any atom is -0.493 e. The lowest BCUT2D eigenvalue weighted by Crippen LogP contribution is -2.40. The Bertz CT molecular complexity index is 1030. The molecule has 3 aromatic rings. The Morgan fingerprint density at radius 3 is 2.62 bits per heavy atom. The highest BCUT2D eigenvalue weighted by atomic mass is 35.5. The van der Waals surface area contributed by atoms with Gasteiger partial charge in [-0.1, -0.05) is 24.1 Å². The van der Waals surface area contributed by atoms with Crippen molar-refractivity contribution in [3.63, 3.8) is 0 Å². The van der Waals surface area contributed by atoms with Crippen LogP contribution in [0.3, 0.4) is 0 Å². The lowest BCUT2D eigenvalue weighted by atomic mass is 9.83. The van der Waals surface area contributed by atoms with Crippen LogP contribution in [0.25, 0.3) is 10.9 Å². The van der Waals surface area contributed by atoms with Crippen LogP contribution in [0, 0.1) is 6.92 Å². The summed E-state index contributed by atoms with van der Waals surface area (Å²) in [6, 6.07) is 13.9. The third-order valence-corrected chi connectivity index (χ3v) is 6.56. The first-order chi connectivity index (χ1) is 13.7. The molecule has 0 spiro atoms. The van der Waals surface area contributed by atoms with Crippen LogP contribution in [-0.2, 0) is 6.42 Å². The van der Waals surface area contributed by atoms with Gasteiger partial charge in [0.05, 0.1) is 20.3 Å². The summed E-state index contributed by atoms with van der Waals surface area (Å²) in [6.45, 7) is 2.19. The molecule has 1 saturated carbocycles. The maximum Gasteiger partial charge on any atom is 0.160 e. The number of hydrogen-bond donors (Lipinski definition) is 2. The summed E-state index contributed by atoms with van der Waals surface area (Å²) in [5.41, 5.74) is 6.79. The van der Waals surface area contributed by atoms with Gasteiger partial charge in [0, 0.05) is 28.6 Å². The molecule has 2 aromatic carbocycles. The van der Waals surface area contributed by atoms with Crippen molar-refractivity contribution in [2.75, 3.05) is 14.2 Å². The second-order valence-corrected chi connectivity index (χ2v) is 8.26. The molecule has 3 atom stereocenters. The van der Waals surface area contributed by atoms with Crippen molar-refractivity contribution in [2.24, 2.45) is 0 Å². The maximum atomic E-state index is 5.51. The van der Waals surface area contributed by atoms with Crippen molar-refractivity contribution in [3.8, 4) is 11.5 Å². The molecule has 5 rings (SSSR count). The number of aromatic nitrogens is 1. The first-order valence-electron chi connectivity index (χ1n) is 10.3. The Hall–Kier alpha value is -2.17. The molecule has 1 fully saturated rings. The van der Waals surface area contributed by atoms with E-state index in [1.54, 1.807) is 19.8 Å². The number of aromatic amines is 1. The second-order valence-electron chi connectivity index (χ2n) is 8.26. The summed E-state index contributed by atoms with van der Waals surface area (Å²) in [4.78, 5) is 3.76. The van der Waals surface area contributed by atoms with E-state index in [1.807, 2.05) is 6.07 Å². The number of H-pyrrole nitrogens is 1. The van der Waals surface area contributed by atoms with E-state index in [2.05, 4.69) is 47.6 Å². The van der Waals surface area contributed by atoms with Crippen LogP contribution in [0.4, 0.5) is 0 Å². The Morgan fingerprint density at radius 1 is 1.00 bits per heavy atom. The molecule has 2 N–H and O–H groups in total. The number of ether oxygens (including phenoxy) is 2. The van der Waals surface area contributed by atoms with Crippen molar-refractivity contribution in [3.05, 3.63) is 58.8 Å². The van der Waals surface area contributed by atoms with Crippen LogP contribution in [0.5, 0.6) is 11.5 Å². The van der Waals surface area contributed by atoms with Gasteiger partial charge >= 0.3 is 0 Å². The average molecular weight is 413 g/mol. The van der Waals surface area contributed by atoms with E-state index < -0.39 is 0 Å². The summed E-state index contributed by atoms with van der Waals surface area (Å²) in [5, 5.41) is 5.38. The number of fused-ring (bicyclic) bond motifs is 5. The summed E-state index contributed by atoms with van der Waals surface area (Å²) in [5.74, 6) is 2.20. The van der Waals surface area contributed by atoms with Gasteiger partial charge in [-0.15, -0.1) is 12.4 Å². The lowest BCUT2D eigenvalue weighted by molar-refractivity contribution is 0.352. The highest BCUT2D eigenvalue weighted by Gasteiger charge is 2.39. The van der Waals surface area contributed by atoms with Gasteiger partial charge in [0.2, 0.25) is 0 Å². The molecular formula is C24H29ClN2O2. The first kappa shape index (κ1) is 20.1. The number of benzene rings is 2. The number of methoxy groups -OCH3 is 2. The van der Waals surface area contributed by atoms with Gasteiger partial charge in [-0.3, -0.25) is 0 Å². The average Bonchev–Trinajstić information content (AvgIpc) is 3.31. The Labute approximate surface area is 178 Å². The van der Waals surface area contributed by atoms with E-state index in [-0.39, 0.29) is 12.4 Å². The van der Waals surface area contributed by atoms with Crippen LogP contribution >= 0.6 is 12.4 Å². The van der Waals surface area contributed by atoms with Crippen LogP contribution < -0.4 is 14.8 Å². The molecule has 5 heteroatoms. The number of aryl methyl sites for hydroxylation is 1. The second kappa shape index (κ2) is 7.92. The standard InChI is InChI=1S/C24H28N2O2.ClH/c1-14-7-9-19-17(11-14)23-16-5-4-6-18(16)25-20(24(23)26-19)12-15-8-10-21(27-2)22(13-15)28-3;/h7-11,13,16,18,20,25-26H,4-6,12H2,1-3H3;1H/t16-,18-,20+;/m1./s1. The fourth-order valence-electron chi connectivity index (χ4n) is 5.27. The molecule has 0 saturated heterocycles. The van der Waals surface area contributed by atoms with Crippen LogP contribution in [0.1, 0.15) is 53.6 Å². The zero-order valence-corrected chi connectivity index (χ0v) is 18.1. The summed E-state index contributed by atoms with van der Waals surface area (Å²) >= 11 is 0. The predicted molar refractivity (Wildman–Crippen MR) is 120 cm³/mol. The highest BCUT2D eigenvalue weighted by Crippen LogP contribution is 2.46. The molecule has 154 valence electrons. The largest absolute Gasteiger partial charge is 0.493 e.